The van der Waals surface area contributed by atoms with Crippen molar-refractivity contribution >= 4 is 17.6 Å². The number of benzene rings is 1. The number of fused-ring (bicyclic) bond motifs is 5. The van der Waals surface area contributed by atoms with Gasteiger partial charge in [0, 0.05) is 5.41 Å². The predicted molar refractivity (Wildman–Crippen MR) is 148 cm³/mol. The first-order valence-corrected chi connectivity index (χ1v) is 14.2. The summed E-state index contributed by atoms with van der Waals surface area (Å²) < 4.78 is 4.86. The topological polar surface area (TPSA) is 97.2 Å². The molecule has 3 saturated carbocycles. The van der Waals surface area contributed by atoms with Gasteiger partial charge in [-0.2, -0.15) is 0 Å². The highest BCUT2D eigenvalue weighted by molar-refractivity contribution is 5.96. The summed E-state index contributed by atoms with van der Waals surface area (Å²) in [4.78, 5) is 30.2. The number of oxime groups is 1. The first-order chi connectivity index (χ1) is 18.6. The summed E-state index contributed by atoms with van der Waals surface area (Å²) in [6.07, 6.45) is 15.7. The van der Waals surface area contributed by atoms with Crippen LogP contribution in [0.1, 0.15) is 76.8 Å². The van der Waals surface area contributed by atoms with Crippen LogP contribution in [-0.2, 0) is 19.2 Å². The van der Waals surface area contributed by atoms with Gasteiger partial charge in [0.25, 0.3) is 5.91 Å². The predicted octanol–water partition coefficient (Wildman–Crippen LogP) is 4.72. The van der Waals surface area contributed by atoms with Crippen molar-refractivity contribution in [2.75, 3.05) is 13.7 Å². The van der Waals surface area contributed by atoms with E-state index < -0.39 is 23.5 Å². The van der Waals surface area contributed by atoms with Crippen LogP contribution in [0.5, 0.6) is 0 Å². The Bertz CT molecular complexity index is 1220. The Balaban J connectivity index is 1.22. The monoisotopic (exact) mass is 532 g/mol. The van der Waals surface area contributed by atoms with Crippen LogP contribution in [0.3, 0.4) is 0 Å². The number of aliphatic hydroxyl groups is 1. The molecule has 0 heterocycles. The number of hydrogen-bond acceptors (Lipinski definition) is 6. The number of rotatable bonds is 6. The summed E-state index contributed by atoms with van der Waals surface area (Å²) in [5, 5.41) is 18.2. The average Bonchev–Trinajstić information content (AvgIpc) is 3.22. The average molecular weight is 533 g/mol. The summed E-state index contributed by atoms with van der Waals surface area (Å²) in [5.41, 5.74) is 1.86. The summed E-state index contributed by atoms with van der Waals surface area (Å²) in [5.74, 6) is 3.41. The van der Waals surface area contributed by atoms with E-state index in [1.165, 1.54) is 12.7 Å². The molecule has 4 aliphatic carbocycles. The van der Waals surface area contributed by atoms with E-state index in [1.54, 1.807) is 24.3 Å². The van der Waals surface area contributed by atoms with Gasteiger partial charge in [-0.3, -0.25) is 4.79 Å². The van der Waals surface area contributed by atoms with E-state index in [0.717, 1.165) is 50.7 Å². The molecule has 3 fully saturated rings. The lowest BCUT2D eigenvalue weighted by molar-refractivity contribution is -0.145. The molecule has 208 valence electrons. The zero-order valence-electron chi connectivity index (χ0n) is 23.2. The van der Waals surface area contributed by atoms with E-state index in [2.05, 4.69) is 36.3 Å². The van der Waals surface area contributed by atoms with E-state index in [9.17, 15) is 14.7 Å². The first kappa shape index (κ1) is 27.5. The van der Waals surface area contributed by atoms with Crippen molar-refractivity contribution < 1.29 is 24.3 Å². The van der Waals surface area contributed by atoms with Crippen LogP contribution < -0.4 is 5.32 Å². The second-order valence-electron chi connectivity index (χ2n) is 12.3. The quantitative estimate of drug-likeness (QED) is 0.314. The molecular formula is C32H40N2O5. The lowest BCUT2D eigenvalue weighted by Crippen LogP contribution is -2.54. The Morgan fingerprint density at radius 1 is 1.13 bits per heavy atom. The van der Waals surface area contributed by atoms with Crippen molar-refractivity contribution in [3.63, 3.8) is 0 Å². The van der Waals surface area contributed by atoms with E-state index in [-0.39, 0.29) is 17.4 Å². The number of amides is 1. The van der Waals surface area contributed by atoms with Gasteiger partial charge in [0.15, 0.2) is 12.6 Å². The molecule has 1 aromatic carbocycles. The molecule has 1 amide bonds. The molecule has 7 nitrogen and oxygen atoms in total. The standard InChI is InChI=1S/C32H40N2O5/c1-5-32(37)18-15-26-24-12-11-22-19-23(13-16-30(22,2)25(24)14-17-31(26,32)3)34-39-20-27(35)33-28(29(36)38-4)21-9-7-6-8-10-21/h1,6-10,19,24-26,28,37H,11-18,20H2,2-4H3,(H,33,35). The highest BCUT2D eigenvalue weighted by Gasteiger charge is 2.63. The number of ether oxygens (including phenoxy) is 1. The van der Waals surface area contributed by atoms with E-state index in [0.29, 0.717) is 29.7 Å². The van der Waals surface area contributed by atoms with Gasteiger partial charge in [0.2, 0.25) is 0 Å². The van der Waals surface area contributed by atoms with Gasteiger partial charge in [-0.05, 0) is 86.2 Å². The van der Waals surface area contributed by atoms with Crippen molar-refractivity contribution in [1.82, 2.24) is 5.32 Å². The fraction of sp³-hybridized carbons (Fsp3) is 0.594. The smallest absolute Gasteiger partial charge is 0.333 e. The Kier molecular flexibility index (Phi) is 7.37. The highest BCUT2D eigenvalue weighted by Crippen LogP contribution is 2.67. The van der Waals surface area contributed by atoms with Gasteiger partial charge >= 0.3 is 5.97 Å². The number of carbonyl (C=O) groups excluding carboxylic acids is 2. The van der Waals surface area contributed by atoms with Gasteiger partial charge in [-0.25, -0.2) is 4.79 Å². The number of methoxy groups -OCH3 is 1. The van der Waals surface area contributed by atoms with Gasteiger partial charge in [-0.15, -0.1) is 6.42 Å². The molecular weight excluding hydrogens is 492 g/mol. The minimum absolute atomic E-state index is 0.112. The summed E-state index contributed by atoms with van der Waals surface area (Å²) in [6.45, 7) is 4.34. The maximum absolute atomic E-state index is 12.6. The maximum atomic E-state index is 12.6. The molecule has 1 aromatic rings. The minimum atomic E-state index is -0.979. The zero-order chi connectivity index (χ0) is 27.8. The van der Waals surface area contributed by atoms with Crippen LogP contribution in [-0.4, -0.2) is 42.0 Å². The van der Waals surface area contributed by atoms with Gasteiger partial charge in [-0.1, -0.05) is 60.8 Å². The molecule has 0 spiro atoms. The minimum Gasteiger partial charge on any atom is -0.467 e. The third-order valence-corrected chi connectivity index (χ3v) is 10.6. The number of esters is 1. The first-order valence-electron chi connectivity index (χ1n) is 14.2. The molecule has 0 saturated heterocycles. The van der Waals surface area contributed by atoms with Gasteiger partial charge in [0.1, 0.15) is 5.60 Å². The van der Waals surface area contributed by atoms with Crippen LogP contribution in [0.2, 0.25) is 0 Å². The van der Waals surface area contributed by atoms with E-state index in [1.807, 2.05) is 6.07 Å². The SMILES string of the molecule is C#CC1(O)CCC2C3CCC4=CC(=NOCC(=O)NC(C(=O)OC)c5ccccc5)CCC4(C)C3CCC21C. The van der Waals surface area contributed by atoms with E-state index in [4.69, 9.17) is 16.0 Å². The molecule has 2 N–H and O–H groups in total. The molecule has 0 radical (unpaired) electrons. The summed E-state index contributed by atoms with van der Waals surface area (Å²) in [7, 11) is 1.29. The lowest BCUT2D eigenvalue weighted by Gasteiger charge is -2.58. The second kappa shape index (κ2) is 10.5. The number of carbonyl (C=O) groups is 2. The Morgan fingerprint density at radius 3 is 2.59 bits per heavy atom. The van der Waals surface area contributed by atoms with Gasteiger partial charge in [0.05, 0.1) is 12.8 Å². The largest absolute Gasteiger partial charge is 0.467 e. The lowest BCUT2D eigenvalue weighted by atomic mass is 9.46. The van der Waals surface area contributed by atoms with Crippen LogP contribution >= 0.6 is 0 Å². The van der Waals surface area contributed by atoms with Crippen molar-refractivity contribution in [3.05, 3.63) is 47.5 Å². The second-order valence-corrected chi connectivity index (χ2v) is 12.3. The number of terminal acetylenes is 1. The molecule has 0 bridgehead atoms. The highest BCUT2D eigenvalue weighted by atomic mass is 16.6. The maximum Gasteiger partial charge on any atom is 0.333 e. The fourth-order valence-corrected chi connectivity index (χ4v) is 8.31. The molecule has 5 rings (SSSR count). The van der Waals surface area contributed by atoms with E-state index >= 15 is 0 Å². The van der Waals surface area contributed by atoms with Crippen LogP contribution in [0, 0.1) is 40.9 Å². The van der Waals surface area contributed by atoms with Crippen molar-refractivity contribution in [2.45, 2.75) is 76.9 Å². The van der Waals surface area contributed by atoms with Crippen molar-refractivity contribution in [1.29, 1.82) is 0 Å². The Labute approximate surface area is 231 Å². The zero-order valence-corrected chi connectivity index (χ0v) is 23.2. The summed E-state index contributed by atoms with van der Waals surface area (Å²) in [6, 6.07) is 8.06. The molecule has 7 heteroatoms. The molecule has 0 aliphatic heterocycles. The third kappa shape index (κ3) is 4.67. The number of nitrogens with one attached hydrogen (secondary N) is 1. The third-order valence-electron chi connectivity index (χ3n) is 10.6. The normalized spacial score (nSPS) is 36.8. The Morgan fingerprint density at radius 2 is 1.87 bits per heavy atom. The molecule has 39 heavy (non-hydrogen) atoms. The molecule has 7 atom stereocenters. The Hall–Kier alpha value is -3.11. The van der Waals surface area contributed by atoms with Crippen LogP contribution in [0.4, 0.5) is 0 Å². The molecule has 0 aromatic heterocycles. The van der Waals surface area contributed by atoms with Crippen LogP contribution in [0.15, 0.2) is 47.1 Å². The van der Waals surface area contributed by atoms with Crippen LogP contribution in [0.25, 0.3) is 0 Å². The number of hydrogen-bond donors (Lipinski definition) is 2. The molecule has 4 aliphatic rings. The van der Waals surface area contributed by atoms with Crippen molar-refractivity contribution in [2.24, 2.45) is 33.7 Å². The van der Waals surface area contributed by atoms with Crippen molar-refractivity contribution in [3.8, 4) is 12.3 Å². The van der Waals surface area contributed by atoms with Gasteiger partial charge < -0.3 is 20.0 Å². The fourth-order valence-electron chi connectivity index (χ4n) is 8.31. The number of nitrogens with zero attached hydrogens (tertiary/aromatic N) is 1. The summed E-state index contributed by atoms with van der Waals surface area (Å²) >= 11 is 0. The number of allylic oxidation sites excluding steroid dienone is 2. The molecule has 7 unspecified atom stereocenters.